The predicted octanol–water partition coefficient (Wildman–Crippen LogP) is 1.33. The van der Waals surface area contributed by atoms with Crippen molar-refractivity contribution in [1.82, 2.24) is 24.1 Å². The lowest BCUT2D eigenvalue weighted by atomic mass is 10.3. The molecule has 1 N–H and O–H groups in total. The maximum Gasteiger partial charge on any atom is 0.337 e. The van der Waals surface area contributed by atoms with Crippen LogP contribution in [0.2, 0.25) is 0 Å². The fourth-order valence-electron chi connectivity index (χ4n) is 2.94. The molecule has 0 aliphatic heterocycles. The first kappa shape index (κ1) is 17.0. The van der Waals surface area contributed by atoms with Crippen LogP contribution in [0.5, 0.6) is 0 Å². The van der Waals surface area contributed by atoms with E-state index < -0.39 is 10.0 Å². The molecule has 1 aliphatic rings. The number of aromatic nitrogens is 4. The highest BCUT2D eigenvalue weighted by Crippen LogP contribution is 2.36. The molecular weight excluding hydrogens is 358 g/mol. The van der Waals surface area contributed by atoms with Crippen molar-refractivity contribution in [2.75, 3.05) is 0 Å². The lowest BCUT2D eigenvalue weighted by Crippen LogP contribution is -2.34. The molecule has 0 saturated heterocycles. The Morgan fingerprint density at radius 3 is 2.58 bits per heavy atom. The molecule has 3 aromatic rings. The molecule has 26 heavy (non-hydrogen) atoms. The summed E-state index contributed by atoms with van der Waals surface area (Å²) in [6, 6.07) is 4.62. The fourth-order valence-corrected chi connectivity index (χ4v) is 4.43. The van der Waals surface area contributed by atoms with E-state index in [1.807, 2.05) is 13.8 Å². The molecule has 10 heteroatoms. The molecule has 1 aromatic carbocycles. The van der Waals surface area contributed by atoms with E-state index in [1.165, 1.54) is 21.3 Å². The van der Waals surface area contributed by atoms with Crippen LogP contribution in [0.1, 0.15) is 32.6 Å². The molecule has 1 saturated carbocycles. The van der Waals surface area contributed by atoms with Crippen molar-refractivity contribution in [2.45, 2.75) is 50.6 Å². The van der Waals surface area contributed by atoms with Gasteiger partial charge < -0.3 is 4.42 Å². The molecule has 0 unspecified atom stereocenters. The first-order chi connectivity index (χ1) is 12.2. The van der Waals surface area contributed by atoms with E-state index in [0.29, 0.717) is 23.5 Å². The van der Waals surface area contributed by atoms with E-state index in [2.05, 4.69) is 14.9 Å². The average molecular weight is 377 g/mol. The zero-order valence-electron chi connectivity index (χ0n) is 14.7. The van der Waals surface area contributed by atoms with Gasteiger partial charge in [-0.1, -0.05) is 5.10 Å². The number of hydrogen-bond donors (Lipinski definition) is 1. The first-order valence-corrected chi connectivity index (χ1v) is 9.82. The van der Waals surface area contributed by atoms with Crippen molar-refractivity contribution in [3.8, 4) is 6.01 Å². The van der Waals surface area contributed by atoms with E-state index >= 15 is 0 Å². The second-order valence-corrected chi connectivity index (χ2v) is 8.46. The van der Waals surface area contributed by atoms with Gasteiger partial charge in [0.25, 0.3) is 0 Å². The smallest absolute Gasteiger partial charge is 0.337 e. The maximum absolute atomic E-state index is 12.8. The standard InChI is InChI=1S/C16H19N5O4S/c1-4-20-12-6-5-11(26(23,24)19-16(3)7-8-16)9-13(12)21(15(20)22)14-18-17-10(2)25-14/h5-6,9,19H,4,7-8H2,1-3H3. The molecule has 138 valence electrons. The number of sulfonamides is 1. The quantitative estimate of drug-likeness (QED) is 0.718. The maximum atomic E-state index is 12.8. The van der Waals surface area contributed by atoms with Gasteiger partial charge in [0, 0.05) is 19.0 Å². The summed E-state index contributed by atoms with van der Waals surface area (Å²) in [5, 5.41) is 7.66. The van der Waals surface area contributed by atoms with Crippen LogP contribution in [-0.2, 0) is 16.6 Å². The zero-order valence-corrected chi connectivity index (χ0v) is 15.5. The predicted molar refractivity (Wildman–Crippen MR) is 93.8 cm³/mol. The van der Waals surface area contributed by atoms with Crippen LogP contribution in [-0.4, -0.2) is 33.3 Å². The van der Waals surface area contributed by atoms with Gasteiger partial charge >= 0.3 is 11.7 Å². The molecule has 4 rings (SSSR count). The zero-order chi connectivity index (χ0) is 18.7. The third-order valence-corrected chi connectivity index (χ3v) is 6.25. The average Bonchev–Trinajstić information content (AvgIpc) is 3.01. The van der Waals surface area contributed by atoms with Crippen molar-refractivity contribution in [1.29, 1.82) is 0 Å². The molecule has 0 spiro atoms. The normalized spacial score (nSPS) is 16.3. The second-order valence-electron chi connectivity index (χ2n) is 6.78. The Labute approximate surface area is 149 Å². The molecule has 0 bridgehead atoms. The third-order valence-electron chi connectivity index (χ3n) is 4.61. The van der Waals surface area contributed by atoms with Gasteiger partial charge in [0.15, 0.2) is 0 Å². The van der Waals surface area contributed by atoms with Crippen LogP contribution in [0.4, 0.5) is 0 Å². The van der Waals surface area contributed by atoms with Crippen LogP contribution >= 0.6 is 0 Å². The Kier molecular flexibility index (Phi) is 3.60. The minimum absolute atomic E-state index is 0.0151. The van der Waals surface area contributed by atoms with E-state index in [-0.39, 0.29) is 22.1 Å². The van der Waals surface area contributed by atoms with Crippen molar-refractivity contribution in [3.63, 3.8) is 0 Å². The highest BCUT2D eigenvalue weighted by atomic mass is 32.2. The Morgan fingerprint density at radius 2 is 2.00 bits per heavy atom. The summed E-state index contributed by atoms with van der Waals surface area (Å²) in [5.74, 6) is 0.316. The van der Waals surface area contributed by atoms with Crippen LogP contribution in [0.3, 0.4) is 0 Å². The fraction of sp³-hybridized carbons (Fsp3) is 0.438. The third kappa shape index (κ3) is 2.65. The molecule has 2 aromatic heterocycles. The largest absolute Gasteiger partial charge is 0.408 e. The minimum atomic E-state index is -3.69. The molecule has 2 heterocycles. The highest BCUT2D eigenvalue weighted by molar-refractivity contribution is 7.89. The lowest BCUT2D eigenvalue weighted by Gasteiger charge is -2.12. The number of nitrogens with zero attached hydrogens (tertiary/aromatic N) is 4. The topological polar surface area (TPSA) is 112 Å². The summed E-state index contributed by atoms with van der Waals surface area (Å²) < 4.78 is 36.3. The number of hydrogen-bond acceptors (Lipinski definition) is 6. The number of fused-ring (bicyclic) bond motifs is 1. The van der Waals surface area contributed by atoms with E-state index in [1.54, 1.807) is 13.0 Å². The highest BCUT2D eigenvalue weighted by Gasteiger charge is 2.41. The van der Waals surface area contributed by atoms with Gasteiger partial charge in [-0.05, 0) is 44.9 Å². The summed E-state index contributed by atoms with van der Waals surface area (Å²) >= 11 is 0. The van der Waals surface area contributed by atoms with Gasteiger partial charge in [-0.2, -0.15) is 0 Å². The molecular formula is C16H19N5O4S. The SMILES string of the molecule is CCn1c(=O)n(-c2nnc(C)o2)c2cc(S(=O)(=O)NC3(C)CC3)ccc21. The monoisotopic (exact) mass is 377 g/mol. The summed E-state index contributed by atoms with van der Waals surface area (Å²) in [6.07, 6.45) is 1.62. The van der Waals surface area contributed by atoms with Gasteiger partial charge in [-0.3, -0.25) is 4.57 Å². The Balaban J connectivity index is 1.93. The molecule has 1 aliphatic carbocycles. The summed E-state index contributed by atoms with van der Waals surface area (Å²) in [4.78, 5) is 12.9. The van der Waals surface area contributed by atoms with Crippen LogP contribution in [0.25, 0.3) is 17.0 Å². The Bertz CT molecular complexity index is 1170. The van der Waals surface area contributed by atoms with Gasteiger partial charge in [-0.25, -0.2) is 22.5 Å². The summed E-state index contributed by atoms with van der Waals surface area (Å²) in [6.45, 7) is 5.76. The van der Waals surface area contributed by atoms with Crippen molar-refractivity contribution >= 4 is 21.1 Å². The molecule has 0 atom stereocenters. The molecule has 0 radical (unpaired) electrons. The van der Waals surface area contributed by atoms with Gasteiger partial charge in [0.1, 0.15) is 0 Å². The number of aryl methyl sites for hydroxylation is 2. The lowest BCUT2D eigenvalue weighted by molar-refractivity contribution is 0.492. The van der Waals surface area contributed by atoms with Crippen molar-refractivity contribution in [3.05, 3.63) is 34.6 Å². The molecule has 1 fully saturated rings. The van der Waals surface area contributed by atoms with Crippen LogP contribution < -0.4 is 10.4 Å². The van der Waals surface area contributed by atoms with Crippen molar-refractivity contribution < 1.29 is 12.8 Å². The van der Waals surface area contributed by atoms with Crippen molar-refractivity contribution in [2.24, 2.45) is 0 Å². The Morgan fingerprint density at radius 1 is 1.27 bits per heavy atom. The van der Waals surface area contributed by atoms with E-state index in [4.69, 9.17) is 4.42 Å². The number of benzene rings is 1. The van der Waals surface area contributed by atoms with Gasteiger partial charge in [-0.15, -0.1) is 5.10 Å². The van der Waals surface area contributed by atoms with E-state index in [0.717, 1.165) is 12.8 Å². The second kappa shape index (κ2) is 5.52. The van der Waals surface area contributed by atoms with Gasteiger partial charge in [0.2, 0.25) is 15.9 Å². The minimum Gasteiger partial charge on any atom is -0.408 e. The van der Waals surface area contributed by atoms with Crippen LogP contribution in [0.15, 0.2) is 32.3 Å². The summed E-state index contributed by atoms with van der Waals surface area (Å²) in [7, 11) is -3.69. The number of rotatable bonds is 5. The number of imidazole rings is 1. The number of nitrogens with one attached hydrogen (secondary N) is 1. The Hall–Kier alpha value is -2.46. The van der Waals surface area contributed by atoms with Gasteiger partial charge in [0.05, 0.1) is 15.9 Å². The summed E-state index contributed by atoms with van der Waals surface area (Å²) in [5.41, 5.74) is 0.268. The van der Waals surface area contributed by atoms with E-state index in [9.17, 15) is 13.2 Å². The first-order valence-electron chi connectivity index (χ1n) is 8.34. The molecule has 9 nitrogen and oxygen atoms in total. The molecule has 0 amide bonds. The van der Waals surface area contributed by atoms with Crippen LogP contribution in [0, 0.1) is 6.92 Å².